The number of nitrogens with one attached hydrogen (secondary N) is 2. The molecule has 0 aliphatic heterocycles. The van der Waals surface area contributed by atoms with Gasteiger partial charge in [0.1, 0.15) is 0 Å². The zero-order valence-electron chi connectivity index (χ0n) is 12.9. The fraction of sp³-hybridized carbons (Fsp3) is 0.235. The quantitative estimate of drug-likeness (QED) is 0.804. The number of nitrogens with zero attached hydrogens (tertiary/aromatic N) is 2. The first kappa shape index (κ1) is 15.7. The van der Waals surface area contributed by atoms with Crippen molar-refractivity contribution >= 4 is 22.8 Å². The van der Waals surface area contributed by atoms with Gasteiger partial charge in [-0.05, 0) is 37.1 Å². The van der Waals surface area contributed by atoms with Crippen molar-refractivity contribution in [3.63, 3.8) is 0 Å². The summed E-state index contributed by atoms with van der Waals surface area (Å²) in [6, 6.07) is 3.92. The zero-order valence-corrected chi connectivity index (χ0v) is 12.9. The van der Waals surface area contributed by atoms with Crippen molar-refractivity contribution in [2.24, 2.45) is 0 Å². The van der Waals surface area contributed by atoms with Crippen LogP contribution in [0.3, 0.4) is 0 Å². The predicted molar refractivity (Wildman–Crippen MR) is 90.2 cm³/mol. The number of hydrogen-bond donors (Lipinski definition) is 2. The van der Waals surface area contributed by atoms with Crippen LogP contribution in [0.5, 0.6) is 0 Å². The first-order chi connectivity index (χ1) is 10.6. The van der Waals surface area contributed by atoms with Crippen molar-refractivity contribution in [3.8, 4) is 0 Å². The number of anilines is 1. The Balaban J connectivity index is 2.54. The number of benzene rings is 1. The van der Waals surface area contributed by atoms with Gasteiger partial charge in [-0.3, -0.25) is 4.79 Å². The molecule has 0 bridgehead atoms. The minimum atomic E-state index is -0.279. The smallest absolute Gasteiger partial charge is 0.274 e. The van der Waals surface area contributed by atoms with E-state index >= 15 is 0 Å². The van der Waals surface area contributed by atoms with E-state index in [2.05, 4.69) is 33.8 Å². The van der Waals surface area contributed by atoms with Crippen LogP contribution in [-0.2, 0) is 0 Å². The lowest BCUT2D eigenvalue weighted by Gasteiger charge is -2.11. The van der Waals surface area contributed by atoms with Crippen LogP contribution in [0.4, 0.5) is 5.82 Å². The van der Waals surface area contributed by atoms with Crippen LogP contribution < -0.4 is 10.6 Å². The molecule has 2 N–H and O–H groups in total. The van der Waals surface area contributed by atoms with Crippen molar-refractivity contribution < 1.29 is 4.79 Å². The van der Waals surface area contributed by atoms with Gasteiger partial charge in [-0.1, -0.05) is 12.2 Å². The van der Waals surface area contributed by atoms with E-state index < -0.39 is 0 Å². The van der Waals surface area contributed by atoms with Crippen LogP contribution in [-0.4, -0.2) is 29.0 Å². The van der Waals surface area contributed by atoms with Gasteiger partial charge < -0.3 is 10.6 Å². The van der Waals surface area contributed by atoms with E-state index in [1.165, 1.54) is 0 Å². The minimum absolute atomic E-state index is 0.277. The van der Waals surface area contributed by atoms with E-state index in [1.807, 2.05) is 26.0 Å². The van der Waals surface area contributed by atoms with Gasteiger partial charge >= 0.3 is 0 Å². The van der Waals surface area contributed by atoms with E-state index in [0.29, 0.717) is 24.4 Å². The summed E-state index contributed by atoms with van der Waals surface area (Å²) in [6.45, 7) is 12.2. The number of carbonyl (C=O) groups excluding carboxylic acids is 1. The van der Waals surface area contributed by atoms with Crippen molar-refractivity contribution in [1.29, 1.82) is 0 Å². The molecule has 1 aromatic heterocycles. The summed E-state index contributed by atoms with van der Waals surface area (Å²) in [5.74, 6) is 0.177. The highest BCUT2D eigenvalue weighted by molar-refractivity contribution is 5.99. The normalized spacial score (nSPS) is 10.3. The number of rotatable bonds is 6. The van der Waals surface area contributed by atoms with Gasteiger partial charge in [-0.15, -0.1) is 13.2 Å². The maximum Gasteiger partial charge on any atom is 0.274 e. The monoisotopic (exact) mass is 296 g/mol. The van der Waals surface area contributed by atoms with Crippen LogP contribution in [0.1, 0.15) is 21.6 Å². The Morgan fingerprint density at radius 2 is 1.68 bits per heavy atom. The molecule has 22 heavy (non-hydrogen) atoms. The summed E-state index contributed by atoms with van der Waals surface area (Å²) in [5, 5.41) is 5.80. The number of amides is 1. The summed E-state index contributed by atoms with van der Waals surface area (Å²) >= 11 is 0. The Morgan fingerprint density at radius 3 is 2.27 bits per heavy atom. The largest absolute Gasteiger partial charge is 0.365 e. The highest BCUT2D eigenvalue weighted by Crippen LogP contribution is 2.20. The van der Waals surface area contributed by atoms with Gasteiger partial charge in [0.2, 0.25) is 0 Å². The van der Waals surface area contributed by atoms with Crippen LogP contribution in [0, 0.1) is 13.8 Å². The molecule has 1 aromatic carbocycles. The van der Waals surface area contributed by atoms with Gasteiger partial charge in [-0.2, -0.15) is 0 Å². The second kappa shape index (κ2) is 6.85. The molecule has 5 heteroatoms. The molecule has 2 aromatic rings. The van der Waals surface area contributed by atoms with Gasteiger partial charge in [-0.25, -0.2) is 9.97 Å². The van der Waals surface area contributed by atoms with Crippen molar-refractivity contribution in [2.45, 2.75) is 13.8 Å². The molecule has 0 unspecified atom stereocenters. The van der Waals surface area contributed by atoms with E-state index in [4.69, 9.17) is 0 Å². The molecule has 0 saturated carbocycles. The van der Waals surface area contributed by atoms with E-state index in [0.717, 1.165) is 16.6 Å². The summed E-state index contributed by atoms with van der Waals surface area (Å²) in [4.78, 5) is 21.3. The average molecular weight is 296 g/mol. The third-order valence-corrected chi connectivity index (χ3v) is 3.32. The number of hydrogen-bond acceptors (Lipinski definition) is 4. The van der Waals surface area contributed by atoms with Gasteiger partial charge in [0.05, 0.1) is 11.0 Å². The zero-order chi connectivity index (χ0) is 16.1. The second-order valence-corrected chi connectivity index (χ2v) is 5.01. The van der Waals surface area contributed by atoms with Crippen molar-refractivity contribution in [2.75, 3.05) is 18.4 Å². The summed E-state index contributed by atoms with van der Waals surface area (Å²) < 4.78 is 0. The highest BCUT2D eigenvalue weighted by Gasteiger charge is 2.16. The molecule has 0 aliphatic carbocycles. The average Bonchev–Trinajstić information content (AvgIpc) is 2.51. The topological polar surface area (TPSA) is 66.9 Å². The molecule has 0 fully saturated rings. The van der Waals surface area contributed by atoms with Crippen LogP contribution in [0.25, 0.3) is 11.0 Å². The summed E-state index contributed by atoms with van der Waals surface area (Å²) in [5.41, 5.74) is 4.00. The maximum absolute atomic E-state index is 12.3. The molecule has 0 radical (unpaired) electrons. The molecule has 0 aliphatic rings. The van der Waals surface area contributed by atoms with E-state index in [9.17, 15) is 4.79 Å². The maximum atomic E-state index is 12.3. The third-order valence-electron chi connectivity index (χ3n) is 3.32. The second-order valence-electron chi connectivity index (χ2n) is 5.01. The van der Waals surface area contributed by atoms with Crippen LogP contribution >= 0.6 is 0 Å². The lowest BCUT2D eigenvalue weighted by Crippen LogP contribution is -2.26. The Bertz CT molecular complexity index is 737. The molecular weight excluding hydrogens is 276 g/mol. The molecule has 5 nitrogen and oxygen atoms in total. The third kappa shape index (κ3) is 3.31. The standard InChI is InChI=1S/C17H20N4O/c1-5-7-18-16-15(17(22)19-8-6-2)20-13-9-11(3)12(4)10-14(13)21-16/h5-6,9-10H,1-2,7-8H2,3-4H3,(H,18,21)(H,19,22). The molecule has 0 saturated heterocycles. The molecular formula is C17H20N4O. The number of fused-ring (bicyclic) bond motifs is 1. The van der Waals surface area contributed by atoms with Crippen LogP contribution in [0.2, 0.25) is 0 Å². The first-order valence-corrected chi connectivity index (χ1v) is 7.09. The van der Waals surface area contributed by atoms with E-state index in [-0.39, 0.29) is 11.6 Å². The Kier molecular flexibility index (Phi) is 4.88. The fourth-order valence-electron chi connectivity index (χ4n) is 2.01. The lowest BCUT2D eigenvalue weighted by atomic mass is 10.1. The number of aromatic nitrogens is 2. The fourth-order valence-corrected chi connectivity index (χ4v) is 2.01. The molecule has 114 valence electrons. The molecule has 0 atom stereocenters. The van der Waals surface area contributed by atoms with E-state index in [1.54, 1.807) is 12.2 Å². The van der Waals surface area contributed by atoms with Gasteiger partial charge in [0.15, 0.2) is 11.5 Å². The molecule has 1 amide bonds. The first-order valence-electron chi connectivity index (χ1n) is 7.09. The van der Waals surface area contributed by atoms with Gasteiger partial charge in [0, 0.05) is 13.1 Å². The Hall–Kier alpha value is -2.69. The summed E-state index contributed by atoms with van der Waals surface area (Å²) in [7, 11) is 0. The number of carbonyl (C=O) groups is 1. The van der Waals surface area contributed by atoms with Crippen molar-refractivity contribution in [3.05, 3.63) is 54.3 Å². The minimum Gasteiger partial charge on any atom is -0.365 e. The predicted octanol–water partition coefficient (Wildman–Crippen LogP) is 2.76. The summed E-state index contributed by atoms with van der Waals surface area (Å²) in [6.07, 6.45) is 3.33. The highest BCUT2D eigenvalue weighted by atomic mass is 16.1. The lowest BCUT2D eigenvalue weighted by molar-refractivity contribution is 0.0954. The van der Waals surface area contributed by atoms with Crippen molar-refractivity contribution in [1.82, 2.24) is 15.3 Å². The molecule has 2 rings (SSSR count). The Morgan fingerprint density at radius 1 is 1.09 bits per heavy atom. The van der Waals surface area contributed by atoms with Gasteiger partial charge in [0.25, 0.3) is 5.91 Å². The molecule has 0 spiro atoms. The SMILES string of the molecule is C=CCNC(=O)c1nc2cc(C)c(C)cc2nc1NCC=C. The number of aryl methyl sites for hydroxylation is 2. The Labute approximate surface area is 130 Å². The molecule has 1 heterocycles. The van der Waals surface area contributed by atoms with Crippen LogP contribution in [0.15, 0.2) is 37.4 Å².